The summed E-state index contributed by atoms with van der Waals surface area (Å²) in [6.45, 7) is 1.92. The van der Waals surface area contributed by atoms with E-state index < -0.39 is 30.5 Å². The molecule has 0 aliphatic carbocycles. The molecule has 1 aliphatic rings. The zero-order chi connectivity index (χ0) is 24.4. The van der Waals surface area contributed by atoms with Crippen molar-refractivity contribution in [3.05, 3.63) is 87.7 Å². The Kier molecular flexibility index (Phi) is 6.95. The van der Waals surface area contributed by atoms with Crippen molar-refractivity contribution in [1.82, 2.24) is 9.99 Å². The van der Waals surface area contributed by atoms with Crippen LogP contribution in [0.1, 0.15) is 35.6 Å². The number of aryl methyl sites for hydroxylation is 1. The molecule has 0 radical (unpaired) electrons. The van der Waals surface area contributed by atoms with Crippen LogP contribution in [0.3, 0.4) is 0 Å². The van der Waals surface area contributed by atoms with Gasteiger partial charge in [-0.1, -0.05) is 47.5 Å². The van der Waals surface area contributed by atoms with Gasteiger partial charge in [-0.15, -0.1) is 0 Å². The van der Waals surface area contributed by atoms with Gasteiger partial charge in [0.05, 0.1) is 18.2 Å². The maximum Gasteiger partial charge on any atom is 0.306 e. The number of hydrazone groups is 1. The molecule has 0 fully saturated rings. The smallest absolute Gasteiger partial charge is 0.306 e. The number of carboxylic acid groups (broad SMARTS) is 1. The summed E-state index contributed by atoms with van der Waals surface area (Å²) in [4.78, 5) is 28.2. The molecule has 6 nitrogen and oxygen atoms in total. The Labute approximate surface area is 205 Å². The fourth-order valence-corrected chi connectivity index (χ4v) is 4.24. The number of aromatic nitrogens is 1. The van der Waals surface area contributed by atoms with Crippen molar-refractivity contribution < 1.29 is 19.1 Å². The number of rotatable bonds is 6. The number of hydrogen-bond acceptors (Lipinski definition) is 4. The van der Waals surface area contributed by atoms with Gasteiger partial charge in [0.25, 0.3) is 5.91 Å². The number of nitrogens with zero attached hydrogens (tertiary/aromatic N) is 3. The summed E-state index contributed by atoms with van der Waals surface area (Å²) in [5.74, 6) is -2.41. The molecule has 0 spiro atoms. The van der Waals surface area contributed by atoms with Crippen LogP contribution in [-0.2, 0) is 9.59 Å². The monoisotopic (exact) mass is 499 g/mol. The molecule has 2 aromatic carbocycles. The topological polar surface area (TPSA) is 82.9 Å². The van der Waals surface area contributed by atoms with E-state index in [4.69, 9.17) is 28.3 Å². The van der Waals surface area contributed by atoms with Crippen molar-refractivity contribution in [2.45, 2.75) is 32.0 Å². The molecule has 1 aromatic heterocycles. The number of carbonyl (C=O) groups is 2. The molecule has 2 heterocycles. The predicted molar refractivity (Wildman–Crippen MR) is 129 cm³/mol. The van der Waals surface area contributed by atoms with Gasteiger partial charge in [0.15, 0.2) is 6.17 Å². The molecule has 3 aromatic rings. The van der Waals surface area contributed by atoms with Gasteiger partial charge in [0.2, 0.25) is 0 Å². The number of aliphatic carboxylic acids is 1. The maximum atomic E-state index is 14.5. The van der Waals surface area contributed by atoms with Crippen molar-refractivity contribution in [3.63, 3.8) is 0 Å². The average Bonchev–Trinajstić information content (AvgIpc) is 3.24. The zero-order valence-electron chi connectivity index (χ0n) is 18.1. The van der Waals surface area contributed by atoms with E-state index in [-0.39, 0.29) is 0 Å². The normalized spacial score (nSPS) is 16.3. The third-order valence-corrected chi connectivity index (χ3v) is 6.10. The Balaban J connectivity index is 1.79. The van der Waals surface area contributed by atoms with Crippen LogP contribution in [-0.4, -0.2) is 38.9 Å². The lowest BCUT2D eigenvalue weighted by Crippen LogP contribution is -2.35. The van der Waals surface area contributed by atoms with Gasteiger partial charge in [-0.3, -0.25) is 14.6 Å². The number of hydrogen-bond donors (Lipinski definition) is 1. The molecule has 9 heteroatoms. The van der Waals surface area contributed by atoms with E-state index in [0.717, 1.165) is 21.7 Å². The number of benzene rings is 2. The molecule has 2 atom stereocenters. The molecule has 1 aliphatic heterocycles. The Morgan fingerprint density at radius 2 is 1.71 bits per heavy atom. The minimum Gasteiger partial charge on any atom is -0.481 e. The number of amides is 1. The summed E-state index contributed by atoms with van der Waals surface area (Å²) >= 11 is 12.1. The van der Waals surface area contributed by atoms with Crippen molar-refractivity contribution in [2.24, 2.45) is 5.10 Å². The molecule has 0 bridgehead atoms. The van der Waals surface area contributed by atoms with Crippen LogP contribution in [0.5, 0.6) is 0 Å². The number of carboxylic acids is 1. The van der Waals surface area contributed by atoms with Crippen LogP contribution in [0.25, 0.3) is 11.1 Å². The van der Waals surface area contributed by atoms with Gasteiger partial charge in [-0.2, -0.15) is 5.10 Å². The maximum absolute atomic E-state index is 14.5. The van der Waals surface area contributed by atoms with Crippen molar-refractivity contribution in [1.29, 1.82) is 0 Å². The van der Waals surface area contributed by atoms with E-state index in [0.29, 0.717) is 33.3 Å². The highest BCUT2D eigenvalue weighted by atomic mass is 35.5. The van der Waals surface area contributed by atoms with E-state index in [2.05, 4.69) is 10.1 Å². The number of halogens is 3. The van der Waals surface area contributed by atoms with Gasteiger partial charge in [0, 0.05) is 34.4 Å². The van der Waals surface area contributed by atoms with Crippen LogP contribution in [0, 0.1) is 6.92 Å². The first kappa shape index (κ1) is 23.9. The second-order valence-corrected chi connectivity index (χ2v) is 8.83. The standard InChI is InChI=1S/C25H20Cl2FN3O3/c1-14-12-29-13-19(24(14)16-4-8-18(27)9-5-16)21-11-22(15-2-6-17(26)7-3-15)31(30-21)25(34)20(28)10-23(32)33/h2-9,12-13,20,22H,10-11H2,1H3,(H,32,33). The van der Waals surface area contributed by atoms with Crippen LogP contribution >= 0.6 is 23.2 Å². The molecule has 174 valence electrons. The SMILES string of the molecule is Cc1cncc(C2=NN(C(=O)C(F)CC(=O)O)C(c3ccc(Cl)cc3)C2)c1-c1ccc(Cl)cc1. The number of alkyl halides is 1. The Bertz CT molecular complexity index is 1260. The van der Waals surface area contributed by atoms with E-state index in [1.807, 2.05) is 19.1 Å². The van der Waals surface area contributed by atoms with Crippen molar-refractivity contribution in [3.8, 4) is 11.1 Å². The summed E-state index contributed by atoms with van der Waals surface area (Å²) in [7, 11) is 0. The third-order valence-electron chi connectivity index (χ3n) is 5.59. The Morgan fingerprint density at radius 3 is 2.32 bits per heavy atom. The minimum absolute atomic E-state index is 0.291. The van der Waals surface area contributed by atoms with Crippen LogP contribution in [0.2, 0.25) is 10.0 Å². The fourth-order valence-electron chi connectivity index (χ4n) is 3.99. The van der Waals surface area contributed by atoms with Crippen molar-refractivity contribution in [2.75, 3.05) is 0 Å². The summed E-state index contributed by atoms with van der Waals surface area (Å²) in [6, 6.07) is 13.5. The lowest BCUT2D eigenvalue weighted by molar-refractivity contribution is -0.146. The lowest BCUT2D eigenvalue weighted by Gasteiger charge is -2.23. The molecule has 1 amide bonds. The van der Waals surface area contributed by atoms with Gasteiger partial charge < -0.3 is 5.11 Å². The Hall–Kier alpha value is -3.29. The second-order valence-electron chi connectivity index (χ2n) is 7.95. The molecule has 0 saturated heterocycles. The largest absolute Gasteiger partial charge is 0.481 e. The Morgan fingerprint density at radius 1 is 1.09 bits per heavy atom. The second kappa shape index (κ2) is 9.91. The summed E-state index contributed by atoms with van der Waals surface area (Å²) in [5.41, 5.74) is 4.60. The van der Waals surface area contributed by atoms with Crippen LogP contribution in [0.15, 0.2) is 66.0 Å². The average molecular weight is 500 g/mol. The quantitative estimate of drug-likeness (QED) is 0.460. The molecule has 0 saturated carbocycles. The lowest BCUT2D eigenvalue weighted by atomic mass is 9.91. The molecule has 34 heavy (non-hydrogen) atoms. The van der Waals surface area contributed by atoms with E-state index in [1.165, 1.54) is 0 Å². The van der Waals surface area contributed by atoms with E-state index >= 15 is 0 Å². The van der Waals surface area contributed by atoms with Gasteiger partial charge in [-0.25, -0.2) is 9.40 Å². The fraction of sp³-hybridized carbons (Fsp3) is 0.200. The molecule has 4 rings (SSSR count). The van der Waals surface area contributed by atoms with E-state index in [9.17, 15) is 14.0 Å². The van der Waals surface area contributed by atoms with Crippen LogP contribution < -0.4 is 0 Å². The molecule has 2 unspecified atom stereocenters. The van der Waals surface area contributed by atoms with Crippen LogP contribution in [0.4, 0.5) is 4.39 Å². The van der Waals surface area contributed by atoms with Gasteiger partial charge >= 0.3 is 5.97 Å². The third kappa shape index (κ3) is 4.95. The van der Waals surface area contributed by atoms with Gasteiger partial charge in [0.1, 0.15) is 0 Å². The summed E-state index contributed by atoms with van der Waals surface area (Å²) in [5, 5.41) is 15.6. The van der Waals surface area contributed by atoms with E-state index in [1.54, 1.807) is 48.8 Å². The minimum atomic E-state index is -2.22. The molecular weight excluding hydrogens is 480 g/mol. The number of carbonyl (C=O) groups excluding carboxylic acids is 1. The summed E-state index contributed by atoms with van der Waals surface area (Å²) in [6.07, 6.45) is 0.524. The predicted octanol–water partition coefficient (Wildman–Crippen LogP) is 5.85. The molecule has 1 N–H and O–H groups in total. The highest BCUT2D eigenvalue weighted by molar-refractivity contribution is 6.30. The highest BCUT2D eigenvalue weighted by Crippen LogP contribution is 2.37. The zero-order valence-corrected chi connectivity index (χ0v) is 19.6. The first-order valence-electron chi connectivity index (χ1n) is 10.5. The molecular formula is C25H20Cl2FN3O3. The van der Waals surface area contributed by atoms with Crippen molar-refractivity contribution >= 4 is 40.8 Å². The van der Waals surface area contributed by atoms with Gasteiger partial charge in [-0.05, 0) is 53.4 Å². The first-order chi connectivity index (χ1) is 16.2. The summed E-state index contributed by atoms with van der Waals surface area (Å²) < 4.78 is 14.5. The number of pyridine rings is 1. The highest BCUT2D eigenvalue weighted by Gasteiger charge is 2.38. The first-order valence-corrected chi connectivity index (χ1v) is 11.2.